The lowest BCUT2D eigenvalue weighted by atomic mass is 10.1. The Kier molecular flexibility index (Phi) is 2.83. The molecule has 0 fully saturated rings. The normalized spacial score (nSPS) is 11.0. The summed E-state index contributed by atoms with van der Waals surface area (Å²) in [5.74, 6) is -0.843. The lowest BCUT2D eigenvalue weighted by Gasteiger charge is -2.04. The van der Waals surface area contributed by atoms with Gasteiger partial charge in [0.15, 0.2) is 4.96 Å². The number of nitrogens with zero attached hydrogens (tertiary/aromatic N) is 2. The number of benzene rings is 1. The SMILES string of the molecule is Cc1sc2ncc(CC(=O)O)n2c1-c1ccccc1. The molecule has 0 aliphatic rings. The highest BCUT2D eigenvalue weighted by Gasteiger charge is 2.16. The van der Waals surface area contributed by atoms with Crippen molar-refractivity contribution in [3.05, 3.63) is 47.1 Å². The molecule has 3 rings (SSSR count). The number of aromatic nitrogens is 2. The van der Waals surface area contributed by atoms with Gasteiger partial charge in [-0.2, -0.15) is 0 Å². The predicted molar refractivity (Wildman–Crippen MR) is 74.6 cm³/mol. The minimum Gasteiger partial charge on any atom is -0.481 e. The van der Waals surface area contributed by atoms with Gasteiger partial charge in [-0.3, -0.25) is 9.20 Å². The van der Waals surface area contributed by atoms with Crippen molar-refractivity contribution in [1.82, 2.24) is 9.38 Å². The number of carboxylic acids is 1. The van der Waals surface area contributed by atoms with E-state index in [-0.39, 0.29) is 6.42 Å². The van der Waals surface area contributed by atoms with E-state index in [0.717, 1.165) is 21.1 Å². The summed E-state index contributed by atoms with van der Waals surface area (Å²) in [7, 11) is 0. The first kappa shape index (κ1) is 11.9. The molecule has 0 aliphatic heterocycles. The third-order valence-corrected chi connectivity index (χ3v) is 3.95. The Morgan fingerprint density at radius 3 is 2.79 bits per heavy atom. The standard InChI is InChI=1S/C14H12N2O2S/c1-9-13(10-5-3-2-4-6-10)16-11(7-12(17)18)8-15-14(16)19-9/h2-6,8H,7H2,1H3,(H,17,18). The molecule has 0 spiro atoms. The smallest absolute Gasteiger partial charge is 0.309 e. The Morgan fingerprint density at radius 2 is 2.11 bits per heavy atom. The quantitative estimate of drug-likeness (QED) is 0.797. The summed E-state index contributed by atoms with van der Waals surface area (Å²) in [6.45, 7) is 2.03. The highest BCUT2D eigenvalue weighted by molar-refractivity contribution is 7.17. The van der Waals surface area contributed by atoms with Crippen LogP contribution < -0.4 is 0 Å². The Hall–Kier alpha value is -2.14. The van der Waals surface area contributed by atoms with Crippen LogP contribution in [0.3, 0.4) is 0 Å². The van der Waals surface area contributed by atoms with E-state index >= 15 is 0 Å². The van der Waals surface area contributed by atoms with Gasteiger partial charge in [-0.15, -0.1) is 11.3 Å². The van der Waals surface area contributed by atoms with Crippen LogP contribution in [0, 0.1) is 6.92 Å². The summed E-state index contributed by atoms with van der Waals surface area (Å²) in [6.07, 6.45) is 1.63. The number of thiazole rings is 1. The zero-order valence-electron chi connectivity index (χ0n) is 10.3. The van der Waals surface area contributed by atoms with Crippen LogP contribution in [-0.2, 0) is 11.2 Å². The zero-order chi connectivity index (χ0) is 13.4. The number of aryl methyl sites for hydroxylation is 1. The predicted octanol–water partition coefficient (Wildman–Crippen LogP) is 3.00. The van der Waals surface area contributed by atoms with Gasteiger partial charge in [-0.1, -0.05) is 30.3 Å². The first-order valence-electron chi connectivity index (χ1n) is 5.90. The summed E-state index contributed by atoms with van der Waals surface area (Å²) in [6, 6.07) is 9.98. The molecule has 0 aliphatic carbocycles. The van der Waals surface area contributed by atoms with Crippen LogP contribution in [0.1, 0.15) is 10.6 Å². The molecule has 1 N–H and O–H groups in total. The molecule has 3 aromatic rings. The van der Waals surface area contributed by atoms with E-state index in [0.29, 0.717) is 5.69 Å². The van der Waals surface area contributed by atoms with Gasteiger partial charge in [0.2, 0.25) is 0 Å². The Morgan fingerprint density at radius 1 is 1.37 bits per heavy atom. The first-order valence-corrected chi connectivity index (χ1v) is 6.71. The summed E-state index contributed by atoms with van der Waals surface area (Å²) >= 11 is 1.58. The fraction of sp³-hybridized carbons (Fsp3) is 0.143. The number of fused-ring (bicyclic) bond motifs is 1. The van der Waals surface area contributed by atoms with Crippen molar-refractivity contribution in [2.24, 2.45) is 0 Å². The van der Waals surface area contributed by atoms with Gasteiger partial charge >= 0.3 is 5.97 Å². The van der Waals surface area contributed by atoms with Crippen LogP contribution in [0.5, 0.6) is 0 Å². The second-order valence-electron chi connectivity index (χ2n) is 4.31. The minimum atomic E-state index is -0.843. The molecule has 0 bridgehead atoms. The maximum Gasteiger partial charge on any atom is 0.309 e. The van der Waals surface area contributed by atoms with Crippen molar-refractivity contribution in [3.8, 4) is 11.3 Å². The maximum absolute atomic E-state index is 10.9. The second-order valence-corrected chi connectivity index (χ2v) is 5.49. The molecule has 1 aromatic carbocycles. The third-order valence-electron chi connectivity index (χ3n) is 2.98. The number of imidazole rings is 1. The van der Waals surface area contributed by atoms with E-state index in [4.69, 9.17) is 5.11 Å². The van der Waals surface area contributed by atoms with Gasteiger partial charge in [-0.05, 0) is 12.5 Å². The Balaban J connectivity index is 2.25. The fourth-order valence-corrected chi connectivity index (χ4v) is 3.21. The van der Waals surface area contributed by atoms with Crippen molar-refractivity contribution in [2.75, 3.05) is 0 Å². The van der Waals surface area contributed by atoms with Crippen LogP contribution in [0.25, 0.3) is 16.2 Å². The van der Waals surface area contributed by atoms with Gasteiger partial charge in [-0.25, -0.2) is 4.98 Å². The van der Waals surface area contributed by atoms with Gasteiger partial charge in [0.05, 0.1) is 24.0 Å². The summed E-state index contributed by atoms with van der Waals surface area (Å²) in [5, 5.41) is 8.98. The molecule has 0 radical (unpaired) electrons. The minimum absolute atomic E-state index is 0.0167. The molecule has 0 unspecified atom stereocenters. The van der Waals surface area contributed by atoms with Gasteiger partial charge in [0.1, 0.15) is 0 Å². The lowest BCUT2D eigenvalue weighted by molar-refractivity contribution is -0.136. The van der Waals surface area contributed by atoms with Crippen molar-refractivity contribution in [2.45, 2.75) is 13.3 Å². The Labute approximate surface area is 114 Å². The van der Waals surface area contributed by atoms with Gasteiger partial charge in [0.25, 0.3) is 0 Å². The highest BCUT2D eigenvalue weighted by atomic mass is 32.1. The summed E-state index contributed by atoms with van der Waals surface area (Å²) < 4.78 is 1.95. The van der Waals surface area contributed by atoms with E-state index in [1.807, 2.05) is 41.7 Å². The molecule has 96 valence electrons. The lowest BCUT2D eigenvalue weighted by Crippen LogP contribution is -2.03. The molecular weight excluding hydrogens is 260 g/mol. The van der Waals surface area contributed by atoms with Gasteiger partial charge in [0, 0.05) is 4.88 Å². The van der Waals surface area contributed by atoms with Crippen LogP contribution in [-0.4, -0.2) is 20.5 Å². The molecular formula is C14H12N2O2S. The molecule has 0 saturated carbocycles. The number of carbonyl (C=O) groups is 1. The largest absolute Gasteiger partial charge is 0.481 e. The van der Waals surface area contributed by atoms with E-state index in [1.165, 1.54) is 0 Å². The van der Waals surface area contributed by atoms with Gasteiger partial charge < -0.3 is 5.11 Å². The van der Waals surface area contributed by atoms with Crippen molar-refractivity contribution >= 4 is 22.3 Å². The van der Waals surface area contributed by atoms with Crippen LogP contribution >= 0.6 is 11.3 Å². The van der Waals surface area contributed by atoms with E-state index in [2.05, 4.69) is 4.98 Å². The van der Waals surface area contributed by atoms with Crippen LogP contribution in [0.15, 0.2) is 36.5 Å². The second kappa shape index (κ2) is 4.51. The number of hydrogen-bond acceptors (Lipinski definition) is 3. The Bertz CT molecular complexity index is 743. The fourth-order valence-electron chi connectivity index (χ4n) is 2.23. The van der Waals surface area contributed by atoms with E-state index in [1.54, 1.807) is 17.5 Å². The summed E-state index contributed by atoms with van der Waals surface area (Å²) in [4.78, 5) is 17.2. The molecule has 19 heavy (non-hydrogen) atoms. The number of hydrogen-bond donors (Lipinski definition) is 1. The highest BCUT2D eigenvalue weighted by Crippen LogP contribution is 2.32. The molecule has 2 heterocycles. The first-order chi connectivity index (χ1) is 9.16. The molecule has 4 nitrogen and oxygen atoms in total. The molecule has 0 atom stereocenters. The van der Waals surface area contributed by atoms with Crippen molar-refractivity contribution in [1.29, 1.82) is 0 Å². The molecule has 0 amide bonds. The average Bonchev–Trinajstić information content (AvgIpc) is 2.89. The topological polar surface area (TPSA) is 54.6 Å². The molecule has 2 aromatic heterocycles. The number of rotatable bonds is 3. The molecule has 5 heteroatoms. The third kappa shape index (κ3) is 2.02. The van der Waals surface area contributed by atoms with E-state index in [9.17, 15) is 4.79 Å². The monoisotopic (exact) mass is 272 g/mol. The van der Waals surface area contributed by atoms with Crippen molar-refractivity contribution < 1.29 is 9.90 Å². The molecule has 0 saturated heterocycles. The number of carboxylic acid groups (broad SMARTS) is 1. The van der Waals surface area contributed by atoms with Crippen LogP contribution in [0.2, 0.25) is 0 Å². The van der Waals surface area contributed by atoms with Crippen LogP contribution in [0.4, 0.5) is 0 Å². The maximum atomic E-state index is 10.9. The average molecular weight is 272 g/mol. The van der Waals surface area contributed by atoms with Crippen molar-refractivity contribution in [3.63, 3.8) is 0 Å². The number of aliphatic carboxylic acids is 1. The van der Waals surface area contributed by atoms with E-state index < -0.39 is 5.97 Å². The summed E-state index contributed by atoms with van der Waals surface area (Å²) in [5.41, 5.74) is 2.83. The zero-order valence-corrected chi connectivity index (χ0v) is 11.1.